The van der Waals surface area contributed by atoms with Gasteiger partial charge in [-0.15, -0.1) is 0 Å². The molecule has 24 heavy (non-hydrogen) atoms. The fourth-order valence-corrected chi connectivity index (χ4v) is 3.59. The number of aryl methyl sites for hydroxylation is 1. The number of aromatic nitrogens is 1. The lowest BCUT2D eigenvalue weighted by Crippen LogP contribution is -2.30. The van der Waals surface area contributed by atoms with E-state index in [9.17, 15) is 9.59 Å². The Morgan fingerprint density at radius 3 is 2.62 bits per heavy atom. The molecule has 1 aliphatic heterocycles. The molecular formula is C17H20N4O2S. The van der Waals surface area contributed by atoms with Crippen LogP contribution in [0, 0.1) is 6.92 Å². The highest BCUT2D eigenvalue weighted by Gasteiger charge is 2.19. The highest BCUT2D eigenvalue weighted by Crippen LogP contribution is 2.30. The van der Waals surface area contributed by atoms with Crippen LogP contribution in [0.15, 0.2) is 23.6 Å². The molecule has 7 heteroatoms. The molecular weight excluding hydrogens is 324 g/mol. The summed E-state index contributed by atoms with van der Waals surface area (Å²) in [6, 6.07) is 5.22. The van der Waals surface area contributed by atoms with E-state index in [0.29, 0.717) is 22.5 Å². The van der Waals surface area contributed by atoms with Crippen LogP contribution in [0.25, 0.3) is 0 Å². The third-order valence-corrected chi connectivity index (χ3v) is 4.94. The second-order valence-corrected chi connectivity index (χ2v) is 6.54. The van der Waals surface area contributed by atoms with Crippen LogP contribution in [-0.4, -0.2) is 29.3 Å². The molecule has 2 heterocycles. The summed E-state index contributed by atoms with van der Waals surface area (Å²) in [4.78, 5) is 26.3. The van der Waals surface area contributed by atoms with Crippen molar-refractivity contribution in [2.75, 3.05) is 23.3 Å². The molecule has 1 aromatic heterocycles. The number of nitrogens with zero attached hydrogens (tertiary/aromatic N) is 2. The van der Waals surface area contributed by atoms with Crippen LogP contribution >= 0.6 is 11.5 Å². The quantitative estimate of drug-likeness (QED) is 0.892. The Balaban J connectivity index is 1.93. The molecule has 3 N–H and O–H groups in total. The van der Waals surface area contributed by atoms with Crippen molar-refractivity contribution in [1.29, 1.82) is 0 Å². The van der Waals surface area contributed by atoms with Gasteiger partial charge in [-0.2, -0.15) is 4.37 Å². The molecule has 126 valence electrons. The fraction of sp³-hybridized carbons (Fsp3) is 0.353. The Morgan fingerprint density at radius 1 is 1.25 bits per heavy atom. The number of benzene rings is 1. The maximum Gasteiger partial charge on any atom is 0.258 e. The third-order valence-electron chi connectivity index (χ3n) is 4.22. The Hall–Kier alpha value is -2.41. The molecule has 0 bridgehead atoms. The van der Waals surface area contributed by atoms with Crippen molar-refractivity contribution >= 4 is 34.7 Å². The molecule has 0 spiro atoms. The summed E-state index contributed by atoms with van der Waals surface area (Å²) in [5.74, 6) is -0.731. The first-order chi connectivity index (χ1) is 11.6. The minimum atomic E-state index is -0.510. The predicted molar refractivity (Wildman–Crippen MR) is 95.8 cm³/mol. The predicted octanol–water partition coefficient (Wildman–Crippen LogP) is 2.79. The normalized spacial score (nSPS) is 14.5. The minimum Gasteiger partial charge on any atom is -0.370 e. The zero-order valence-electron chi connectivity index (χ0n) is 13.5. The third kappa shape index (κ3) is 3.41. The number of nitrogens with two attached hydrogens (primary N) is 1. The molecule has 0 saturated carbocycles. The van der Waals surface area contributed by atoms with Gasteiger partial charge in [-0.25, -0.2) is 0 Å². The number of rotatable bonds is 4. The van der Waals surface area contributed by atoms with Gasteiger partial charge >= 0.3 is 0 Å². The lowest BCUT2D eigenvalue weighted by molar-refractivity contribution is 0.0996. The number of piperidine rings is 1. The maximum atomic E-state index is 12.5. The summed E-state index contributed by atoms with van der Waals surface area (Å²) in [5, 5.41) is 4.65. The molecule has 0 radical (unpaired) electrons. The van der Waals surface area contributed by atoms with Crippen LogP contribution in [0.5, 0.6) is 0 Å². The summed E-state index contributed by atoms with van der Waals surface area (Å²) in [5.41, 5.74) is 8.55. The Kier molecular flexibility index (Phi) is 4.80. The molecule has 0 unspecified atom stereocenters. The van der Waals surface area contributed by atoms with Crippen LogP contribution in [0.2, 0.25) is 0 Å². The first-order valence-electron chi connectivity index (χ1n) is 7.97. The van der Waals surface area contributed by atoms with E-state index in [1.54, 1.807) is 24.4 Å². The largest absolute Gasteiger partial charge is 0.370 e. The van der Waals surface area contributed by atoms with Crippen molar-refractivity contribution in [2.45, 2.75) is 26.2 Å². The molecule has 1 saturated heterocycles. The highest BCUT2D eigenvalue weighted by molar-refractivity contribution is 7.04. The van der Waals surface area contributed by atoms with E-state index in [-0.39, 0.29) is 5.91 Å². The molecule has 1 aliphatic rings. The van der Waals surface area contributed by atoms with Gasteiger partial charge in [0.05, 0.1) is 22.6 Å². The lowest BCUT2D eigenvalue weighted by atomic mass is 10.1. The average Bonchev–Trinajstić information content (AvgIpc) is 3.01. The summed E-state index contributed by atoms with van der Waals surface area (Å²) in [7, 11) is 0. The number of hydrogen-bond acceptors (Lipinski definition) is 5. The van der Waals surface area contributed by atoms with Gasteiger partial charge in [0.15, 0.2) is 0 Å². The van der Waals surface area contributed by atoms with Gasteiger partial charge in [-0.3, -0.25) is 9.59 Å². The number of carbonyl (C=O) groups is 2. The minimum absolute atomic E-state index is 0.221. The van der Waals surface area contributed by atoms with Gasteiger partial charge in [0.2, 0.25) is 5.91 Å². The average molecular weight is 344 g/mol. The standard InChI is InChI=1S/C17H20N4O2S/c1-11-13(10-24-20-11)17(23)19-14-9-12(16(18)22)5-6-15(14)21-7-3-2-4-8-21/h5-6,9-10H,2-4,7-8H2,1H3,(H2,18,22)(H,19,23). The number of hydrogen-bond donors (Lipinski definition) is 2. The number of anilines is 2. The van der Waals surface area contributed by atoms with Gasteiger partial charge in [0.1, 0.15) is 0 Å². The maximum absolute atomic E-state index is 12.5. The molecule has 0 atom stereocenters. The van der Waals surface area contributed by atoms with Crippen LogP contribution in [-0.2, 0) is 0 Å². The van der Waals surface area contributed by atoms with Crippen LogP contribution in [0.4, 0.5) is 11.4 Å². The zero-order valence-corrected chi connectivity index (χ0v) is 14.4. The summed E-state index contributed by atoms with van der Waals surface area (Å²) in [6.45, 7) is 3.69. The van der Waals surface area contributed by atoms with Gasteiger partial charge < -0.3 is 16.0 Å². The number of primary amides is 1. The highest BCUT2D eigenvalue weighted by atomic mass is 32.1. The smallest absolute Gasteiger partial charge is 0.258 e. The summed E-state index contributed by atoms with van der Waals surface area (Å²) in [6.07, 6.45) is 3.47. The first kappa shape index (κ1) is 16.4. The Morgan fingerprint density at radius 2 is 2.00 bits per heavy atom. The monoisotopic (exact) mass is 344 g/mol. The van der Waals surface area contributed by atoms with E-state index in [4.69, 9.17) is 5.73 Å². The first-order valence-corrected chi connectivity index (χ1v) is 8.81. The van der Waals surface area contributed by atoms with Crippen molar-refractivity contribution in [3.05, 3.63) is 40.4 Å². The van der Waals surface area contributed by atoms with Crippen LogP contribution in [0.1, 0.15) is 45.7 Å². The SMILES string of the molecule is Cc1nscc1C(=O)Nc1cc(C(N)=O)ccc1N1CCCCC1. The summed E-state index contributed by atoms with van der Waals surface area (Å²) < 4.78 is 4.13. The Bertz CT molecular complexity index is 766. The van der Waals surface area contributed by atoms with Crippen molar-refractivity contribution in [3.8, 4) is 0 Å². The van der Waals surface area contributed by atoms with Crippen LogP contribution in [0.3, 0.4) is 0 Å². The Labute approximate surface area is 144 Å². The van der Waals surface area contributed by atoms with E-state index in [0.717, 1.165) is 31.6 Å². The molecule has 3 rings (SSSR count). The van der Waals surface area contributed by atoms with Gasteiger partial charge in [-0.05, 0) is 55.9 Å². The van der Waals surface area contributed by atoms with Crippen LogP contribution < -0.4 is 16.0 Å². The molecule has 2 amide bonds. The van der Waals surface area contributed by atoms with Crippen molar-refractivity contribution in [1.82, 2.24) is 4.37 Å². The molecule has 0 aliphatic carbocycles. The van der Waals surface area contributed by atoms with E-state index in [1.807, 2.05) is 6.07 Å². The van der Waals surface area contributed by atoms with E-state index in [1.165, 1.54) is 18.0 Å². The molecule has 2 aromatic rings. The van der Waals surface area contributed by atoms with Gasteiger partial charge in [0, 0.05) is 24.0 Å². The molecule has 1 fully saturated rings. The fourth-order valence-electron chi connectivity index (χ4n) is 2.90. The topological polar surface area (TPSA) is 88.3 Å². The second kappa shape index (κ2) is 7.00. The van der Waals surface area contributed by atoms with Crippen molar-refractivity contribution in [3.63, 3.8) is 0 Å². The van der Waals surface area contributed by atoms with Crippen molar-refractivity contribution in [2.24, 2.45) is 5.73 Å². The van der Waals surface area contributed by atoms with Gasteiger partial charge in [-0.1, -0.05) is 0 Å². The lowest BCUT2D eigenvalue weighted by Gasteiger charge is -2.30. The van der Waals surface area contributed by atoms with E-state index >= 15 is 0 Å². The van der Waals surface area contributed by atoms with Crippen molar-refractivity contribution < 1.29 is 9.59 Å². The summed E-state index contributed by atoms with van der Waals surface area (Å²) >= 11 is 1.25. The molecule has 6 nitrogen and oxygen atoms in total. The van der Waals surface area contributed by atoms with Gasteiger partial charge in [0.25, 0.3) is 5.91 Å². The molecule has 1 aromatic carbocycles. The number of carbonyl (C=O) groups excluding carboxylic acids is 2. The zero-order chi connectivity index (χ0) is 17.1. The second-order valence-electron chi connectivity index (χ2n) is 5.91. The number of nitrogens with one attached hydrogen (secondary N) is 1. The van der Waals surface area contributed by atoms with E-state index in [2.05, 4.69) is 14.6 Å². The number of amides is 2. The van der Waals surface area contributed by atoms with E-state index < -0.39 is 5.91 Å².